The van der Waals surface area contributed by atoms with E-state index in [4.69, 9.17) is 4.74 Å². The number of hydrogen-bond donors (Lipinski definition) is 3. The van der Waals surface area contributed by atoms with Crippen LogP contribution in [-0.4, -0.2) is 47.4 Å². The van der Waals surface area contributed by atoms with Crippen molar-refractivity contribution >= 4 is 11.9 Å². The molecule has 0 rings (SSSR count). The number of nitrogens with one attached hydrogen (secondary N) is 1. The van der Waals surface area contributed by atoms with Crippen LogP contribution in [0.15, 0.2) is 36.5 Å². The summed E-state index contributed by atoms with van der Waals surface area (Å²) in [5.41, 5.74) is 0. The monoisotopic (exact) mass is 1050 g/mol. The van der Waals surface area contributed by atoms with Crippen LogP contribution in [-0.2, 0) is 14.3 Å². The van der Waals surface area contributed by atoms with Gasteiger partial charge in [0.1, 0.15) is 0 Å². The van der Waals surface area contributed by atoms with Crippen LogP contribution in [0.4, 0.5) is 0 Å². The maximum atomic E-state index is 12.5. The molecule has 0 heterocycles. The fraction of sp³-hybridized carbons (Fsp3) is 0.884. The fourth-order valence-corrected chi connectivity index (χ4v) is 10.5. The molecule has 75 heavy (non-hydrogen) atoms. The van der Waals surface area contributed by atoms with Gasteiger partial charge in [0, 0.05) is 12.8 Å². The van der Waals surface area contributed by atoms with E-state index in [1.54, 1.807) is 0 Å². The summed E-state index contributed by atoms with van der Waals surface area (Å²) < 4.78 is 5.47. The van der Waals surface area contributed by atoms with Gasteiger partial charge in [0.2, 0.25) is 5.91 Å². The van der Waals surface area contributed by atoms with Crippen molar-refractivity contribution in [3.8, 4) is 0 Å². The summed E-state index contributed by atoms with van der Waals surface area (Å²) in [6, 6.07) is -0.538. The lowest BCUT2D eigenvalue weighted by atomic mass is 10.0. The summed E-state index contributed by atoms with van der Waals surface area (Å²) in [5.74, 6) is -0.0257. The molecule has 6 nitrogen and oxygen atoms in total. The summed E-state index contributed by atoms with van der Waals surface area (Å²) >= 11 is 0. The second kappa shape index (κ2) is 64.6. The number of allylic oxidation sites excluding steroid dienone is 6. The summed E-state index contributed by atoms with van der Waals surface area (Å²) in [4.78, 5) is 24.5. The maximum Gasteiger partial charge on any atom is 0.305 e. The first-order valence-electron chi connectivity index (χ1n) is 33.7. The molecule has 0 saturated heterocycles. The molecule has 6 heteroatoms. The highest BCUT2D eigenvalue weighted by Gasteiger charge is 2.20. The highest BCUT2D eigenvalue weighted by atomic mass is 16.5. The van der Waals surface area contributed by atoms with Crippen molar-refractivity contribution < 1.29 is 24.5 Å². The van der Waals surface area contributed by atoms with E-state index in [0.29, 0.717) is 25.9 Å². The van der Waals surface area contributed by atoms with Gasteiger partial charge in [-0.25, -0.2) is 0 Å². The predicted molar refractivity (Wildman–Crippen MR) is 329 cm³/mol. The highest BCUT2D eigenvalue weighted by molar-refractivity contribution is 5.76. The molecule has 0 aromatic heterocycles. The third kappa shape index (κ3) is 61.2. The minimum absolute atomic E-state index is 0.00667. The summed E-state index contributed by atoms with van der Waals surface area (Å²) in [7, 11) is 0. The van der Waals surface area contributed by atoms with E-state index in [9.17, 15) is 19.8 Å². The lowest BCUT2D eigenvalue weighted by Crippen LogP contribution is -2.45. The summed E-state index contributed by atoms with van der Waals surface area (Å²) in [5, 5.41) is 23.2. The Morgan fingerprint density at radius 3 is 1.05 bits per heavy atom. The number of carbonyl (C=O) groups is 2. The highest BCUT2D eigenvalue weighted by Crippen LogP contribution is 2.18. The van der Waals surface area contributed by atoms with Gasteiger partial charge in [-0.05, 0) is 83.5 Å². The van der Waals surface area contributed by atoms with Crippen LogP contribution >= 0.6 is 0 Å². The molecule has 0 bridgehead atoms. The van der Waals surface area contributed by atoms with Gasteiger partial charge >= 0.3 is 5.97 Å². The molecule has 0 aliphatic carbocycles. The van der Waals surface area contributed by atoms with Gasteiger partial charge in [0.15, 0.2) is 0 Å². The molecule has 442 valence electrons. The maximum absolute atomic E-state index is 12.5. The van der Waals surface area contributed by atoms with Crippen molar-refractivity contribution in [2.24, 2.45) is 0 Å². The number of aliphatic hydroxyl groups excluding tert-OH is 2. The zero-order valence-electron chi connectivity index (χ0n) is 50.5. The van der Waals surface area contributed by atoms with Gasteiger partial charge in [0.05, 0.1) is 25.4 Å². The van der Waals surface area contributed by atoms with Crippen molar-refractivity contribution in [2.45, 2.75) is 379 Å². The SMILES string of the molecule is CCCCC/C=C\CCCCCCCC(=O)OCCCCCCCCCCCCC/C=C\C/C=C\CCCCCCCCCCCCCCCCCCCC(=O)NC(CO)C(O)CCCCCCCCCCCCC. The van der Waals surface area contributed by atoms with Crippen molar-refractivity contribution in [2.75, 3.05) is 13.2 Å². The Balaban J connectivity index is 3.35. The van der Waals surface area contributed by atoms with Crippen LogP contribution in [0.25, 0.3) is 0 Å². The first kappa shape index (κ1) is 73.1. The lowest BCUT2D eigenvalue weighted by molar-refractivity contribution is -0.143. The smallest absolute Gasteiger partial charge is 0.305 e. The molecule has 0 fully saturated rings. The first-order chi connectivity index (χ1) is 37.0. The van der Waals surface area contributed by atoms with Crippen LogP contribution in [0.1, 0.15) is 367 Å². The molecule has 2 atom stereocenters. The molecule has 0 saturated carbocycles. The lowest BCUT2D eigenvalue weighted by Gasteiger charge is -2.22. The Bertz CT molecular complexity index is 1210. The Kier molecular flexibility index (Phi) is 63.0. The van der Waals surface area contributed by atoms with E-state index < -0.39 is 12.1 Å². The molecular weight excluding hydrogens is 923 g/mol. The van der Waals surface area contributed by atoms with Crippen molar-refractivity contribution in [1.29, 1.82) is 0 Å². The first-order valence-corrected chi connectivity index (χ1v) is 33.7. The molecule has 1 amide bonds. The van der Waals surface area contributed by atoms with E-state index >= 15 is 0 Å². The second-order valence-electron chi connectivity index (χ2n) is 23.1. The molecule has 0 aromatic carbocycles. The van der Waals surface area contributed by atoms with Gasteiger partial charge in [-0.3, -0.25) is 9.59 Å². The van der Waals surface area contributed by atoms with Crippen LogP contribution in [0.5, 0.6) is 0 Å². The van der Waals surface area contributed by atoms with Crippen LogP contribution in [0, 0.1) is 0 Å². The number of aliphatic hydroxyl groups is 2. The van der Waals surface area contributed by atoms with Gasteiger partial charge in [-0.15, -0.1) is 0 Å². The average Bonchev–Trinajstić information content (AvgIpc) is 3.41. The van der Waals surface area contributed by atoms with Gasteiger partial charge < -0.3 is 20.3 Å². The van der Waals surface area contributed by atoms with Gasteiger partial charge in [-0.1, -0.05) is 307 Å². The number of unbranched alkanes of at least 4 members (excludes halogenated alkanes) is 46. The quantitative estimate of drug-likeness (QED) is 0.0320. The van der Waals surface area contributed by atoms with Crippen molar-refractivity contribution in [1.82, 2.24) is 5.32 Å². The summed E-state index contributed by atoms with van der Waals surface area (Å²) in [6.07, 6.45) is 82.0. The number of hydrogen-bond acceptors (Lipinski definition) is 5. The second-order valence-corrected chi connectivity index (χ2v) is 23.1. The number of carbonyl (C=O) groups excluding carboxylic acids is 2. The Morgan fingerprint density at radius 2 is 0.667 bits per heavy atom. The minimum Gasteiger partial charge on any atom is -0.466 e. The van der Waals surface area contributed by atoms with E-state index in [0.717, 1.165) is 51.4 Å². The zero-order chi connectivity index (χ0) is 54.3. The third-order valence-corrected chi connectivity index (χ3v) is 15.7. The standard InChI is InChI=1S/C69H131NO5/c1-3-5-7-9-11-13-15-43-47-51-55-59-63-69(74)75-64-60-56-52-48-44-40-38-36-34-32-30-28-26-24-22-20-18-16-17-19-21-23-25-27-29-31-33-35-37-39-42-46-50-54-58-62-68(73)70-66(65-71)67(72)61-57-53-49-45-41-14-12-10-8-6-4-2/h11,13,18,20,24,26,66-67,71-72H,3-10,12,14-17,19,21-23,25,27-65H2,1-2H3,(H,70,73)/b13-11-,20-18-,26-24-. The van der Waals surface area contributed by atoms with E-state index in [-0.39, 0.29) is 18.5 Å². The number of amides is 1. The number of ether oxygens (including phenoxy) is 1. The predicted octanol–water partition coefficient (Wildman–Crippen LogP) is 21.5. The third-order valence-electron chi connectivity index (χ3n) is 15.7. The zero-order valence-corrected chi connectivity index (χ0v) is 50.5. The van der Waals surface area contributed by atoms with Crippen LogP contribution in [0.3, 0.4) is 0 Å². The van der Waals surface area contributed by atoms with Crippen LogP contribution < -0.4 is 5.32 Å². The van der Waals surface area contributed by atoms with Gasteiger partial charge in [-0.2, -0.15) is 0 Å². The van der Waals surface area contributed by atoms with E-state index in [1.807, 2.05) is 0 Å². The average molecular weight is 1050 g/mol. The number of rotatable bonds is 63. The normalized spacial score (nSPS) is 12.7. The molecule has 0 aliphatic rings. The van der Waals surface area contributed by atoms with Gasteiger partial charge in [0.25, 0.3) is 0 Å². The molecule has 3 N–H and O–H groups in total. The molecular formula is C69H131NO5. The molecule has 2 unspecified atom stereocenters. The Morgan fingerprint density at radius 1 is 0.373 bits per heavy atom. The molecule has 0 radical (unpaired) electrons. The van der Waals surface area contributed by atoms with E-state index in [1.165, 1.54) is 283 Å². The largest absolute Gasteiger partial charge is 0.466 e. The van der Waals surface area contributed by atoms with E-state index in [2.05, 4.69) is 55.6 Å². The molecule has 0 aliphatic heterocycles. The Labute approximate surface area is 468 Å². The topological polar surface area (TPSA) is 95.9 Å². The summed E-state index contributed by atoms with van der Waals surface area (Å²) in [6.45, 7) is 4.93. The van der Waals surface area contributed by atoms with Crippen molar-refractivity contribution in [3.05, 3.63) is 36.5 Å². The fourth-order valence-electron chi connectivity index (χ4n) is 10.5. The minimum atomic E-state index is -0.661. The molecule has 0 spiro atoms. The molecule has 0 aromatic rings. The number of esters is 1. The Hall–Kier alpha value is -1.92. The van der Waals surface area contributed by atoms with Crippen molar-refractivity contribution in [3.63, 3.8) is 0 Å². The van der Waals surface area contributed by atoms with Crippen LogP contribution in [0.2, 0.25) is 0 Å².